The third-order valence-corrected chi connectivity index (χ3v) is 3.78. The van der Waals surface area contributed by atoms with E-state index in [0.29, 0.717) is 13.1 Å². The summed E-state index contributed by atoms with van der Waals surface area (Å²) in [5, 5.41) is 2.82. The lowest BCUT2D eigenvalue weighted by atomic mass is 10.0. The molecule has 0 aromatic heterocycles. The van der Waals surface area contributed by atoms with E-state index in [1.165, 1.54) is 0 Å². The smallest absolute Gasteiger partial charge is 0.317 e. The highest BCUT2D eigenvalue weighted by atomic mass is 16.5. The average molecular weight is 283 g/mol. The second kappa shape index (κ2) is 5.99. The van der Waals surface area contributed by atoms with Gasteiger partial charge in [0.25, 0.3) is 0 Å². The molecule has 2 heterocycles. The predicted octanol–water partition coefficient (Wildman–Crippen LogP) is 0.818. The molecule has 0 aromatic carbocycles. The van der Waals surface area contributed by atoms with Crippen LogP contribution in [0.3, 0.4) is 0 Å². The quantitative estimate of drug-likeness (QED) is 0.834. The summed E-state index contributed by atoms with van der Waals surface area (Å²) in [5.41, 5.74) is -0.290. The molecule has 20 heavy (non-hydrogen) atoms. The van der Waals surface area contributed by atoms with E-state index in [9.17, 15) is 9.59 Å². The van der Waals surface area contributed by atoms with Gasteiger partial charge in [-0.2, -0.15) is 0 Å². The summed E-state index contributed by atoms with van der Waals surface area (Å²) >= 11 is 0. The summed E-state index contributed by atoms with van der Waals surface area (Å²) in [6.45, 7) is 8.90. The van der Waals surface area contributed by atoms with Gasteiger partial charge >= 0.3 is 6.03 Å². The first kappa shape index (κ1) is 15.1. The third kappa shape index (κ3) is 3.85. The van der Waals surface area contributed by atoms with E-state index in [1.54, 1.807) is 0 Å². The zero-order chi connectivity index (χ0) is 14.8. The molecule has 0 radical (unpaired) electrons. The maximum Gasteiger partial charge on any atom is 0.317 e. The van der Waals surface area contributed by atoms with Crippen LogP contribution < -0.4 is 5.32 Å². The first-order valence-electron chi connectivity index (χ1n) is 7.33. The minimum atomic E-state index is -0.290. The van der Waals surface area contributed by atoms with Gasteiger partial charge in [0.1, 0.15) is 6.61 Å². The number of likely N-dealkylation sites (tertiary alicyclic amines) is 1. The van der Waals surface area contributed by atoms with Crippen LogP contribution >= 0.6 is 0 Å². The lowest BCUT2D eigenvalue weighted by molar-refractivity contribution is -0.142. The molecule has 2 aliphatic heterocycles. The second-order valence-electron chi connectivity index (χ2n) is 6.44. The summed E-state index contributed by atoms with van der Waals surface area (Å²) in [6.07, 6.45) is 1.71. The highest BCUT2D eigenvalue weighted by molar-refractivity contribution is 5.78. The van der Waals surface area contributed by atoms with Crippen molar-refractivity contribution >= 4 is 11.9 Å². The SMILES string of the molecule is CC(C)(C)OCC(=O)N1CCC(N2CCNC2=O)CC1. The van der Waals surface area contributed by atoms with Crippen molar-refractivity contribution in [1.29, 1.82) is 0 Å². The third-order valence-electron chi connectivity index (χ3n) is 3.78. The Morgan fingerprint density at radius 3 is 2.45 bits per heavy atom. The van der Waals surface area contributed by atoms with Gasteiger partial charge in [-0.25, -0.2) is 4.79 Å². The van der Waals surface area contributed by atoms with Gasteiger partial charge in [0, 0.05) is 32.2 Å². The molecule has 0 unspecified atom stereocenters. The molecule has 6 heteroatoms. The maximum absolute atomic E-state index is 12.0. The molecule has 6 nitrogen and oxygen atoms in total. The molecule has 0 bridgehead atoms. The molecule has 1 N–H and O–H groups in total. The molecule has 2 rings (SSSR count). The van der Waals surface area contributed by atoms with E-state index in [-0.39, 0.29) is 30.2 Å². The molecule has 2 saturated heterocycles. The molecule has 0 aliphatic carbocycles. The number of nitrogens with one attached hydrogen (secondary N) is 1. The number of rotatable bonds is 3. The lowest BCUT2D eigenvalue weighted by Gasteiger charge is -2.36. The van der Waals surface area contributed by atoms with E-state index in [0.717, 1.165) is 25.9 Å². The fourth-order valence-electron chi connectivity index (χ4n) is 2.63. The number of hydrogen-bond acceptors (Lipinski definition) is 3. The molecule has 3 amide bonds. The number of nitrogens with zero attached hydrogens (tertiary/aromatic N) is 2. The van der Waals surface area contributed by atoms with Gasteiger partial charge in [-0.1, -0.05) is 0 Å². The maximum atomic E-state index is 12.0. The molecule has 2 fully saturated rings. The van der Waals surface area contributed by atoms with Crippen LogP contribution in [0.2, 0.25) is 0 Å². The van der Waals surface area contributed by atoms with Gasteiger partial charge in [0.15, 0.2) is 0 Å². The fourth-order valence-corrected chi connectivity index (χ4v) is 2.63. The van der Waals surface area contributed by atoms with Crippen LogP contribution in [0.25, 0.3) is 0 Å². The minimum absolute atomic E-state index is 0.0332. The number of urea groups is 1. The van der Waals surface area contributed by atoms with Gasteiger partial charge in [-0.3, -0.25) is 4.79 Å². The number of hydrogen-bond donors (Lipinski definition) is 1. The number of carbonyl (C=O) groups excluding carboxylic acids is 2. The van der Waals surface area contributed by atoms with Crippen LogP contribution in [-0.4, -0.2) is 66.2 Å². The van der Waals surface area contributed by atoms with Gasteiger partial charge in [-0.15, -0.1) is 0 Å². The highest BCUT2D eigenvalue weighted by Crippen LogP contribution is 2.18. The second-order valence-corrected chi connectivity index (χ2v) is 6.44. The van der Waals surface area contributed by atoms with Crippen LogP contribution in [0.1, 0.15) is 33.6 Å². The van der Waals surface area contributed by atoms with Gasteiger partial charge in [0.05, 0.1) is 5.60 Å². The molecular weight excluding hydrogens is 258 g/mol. The highest BCUT2D eigenvalue weighted by Gasteiger charge is 2.32. The van der Waals surface area contributed by atoms with E-state index in [2.05, 4.69) is 5.32 Å². The van der Waals surface area contributed by atoms with Gasteiger partial charge in [0.2, 0.25) is 5.91 Å². The van der Waals surface area contributed by atoms with Crippen LogP contribution in [0.5, 0.6) is 0 Å². The van der Waals surface area contributed by atoms with Crippen molar-refractivity contribution in [3.05, 3.63) is 0 Å². The Morgan fingerprint density at radius 1 is 1.30 bits per heavy atom. The van der Waals surface area contributed by atoms with Crippen molar-refractivity contribution in [3.8, 4) is 0 Å². The first-order valence-corrected chi connectivity index (χ1v) is 7.33. The molecule has 0 aromatic rings. The topological polar surface area (TPSA) is 61.9 Å². The molecule has 2 aliphatic rings. The molecule has 0 atom stereocenters. The Labute approximate surface area is 120 Å². The number of piperidine rings is 1. The Hall–Kier alpha value is -1.30. The Kier molecular flexibility index (Phi) is 4.52. The predicted molar refractivity (Wildman–Crippen MR) is 75.4 cm³/mol. The summed E-state index contributed by atoms with van der Waals surface area (Å²) < 4.78 is 5.52. The Morgan fingerprint density at radius 2 is 1.95 bits per heavy atom. The number of ether oxygens (including phenoxy) is 1. The summed E-state index contributed by atoms with van der Waals surface area (Å²) in [4.78, 5) is 27.4. The molecule has 0 spiro atoms. The van der Waals surface area contributed by atoms with E-state index < -0.39 is 0 Å². The summed E-state index contributed by atoms with van der Waals surface area (Å²) in [6, 6.07) is 0.302. The van der Waals surface area contributed by atoms with Crippen molar-refractivity contribution in [2.75, 3.05) is 32.8 Å². The van der Waals surface area contributed by atoms with Crippen LogP contribution in [0.4, 0.5) is 4.79 Å². The van der Waals surface area contributed by atoms with E-state index in [4.69, 9.17) is 4.74 Å². The standard InChI is InChI=1S/C14H25N3O3/c1-14(2,3)20-10-12(18)16-7-4-11(5-8-16)17-9-6-15-13(17)19/h11H,4-10H2,1-3H3,(H,15,19). The van der Waals surface area contributed by atoms with Crippen molar-refractivity contribution in [2.24, 2.45) is 0 Å². The van der Waals surface area contributed by atoms with Gasteiger partial charge < -0.3 is 19.9 Å². The van der Waals surface area contributed by atoms with E-state index in [1.807, 2.05) is 30.6 Å². The average Bonchev–Trinajstić information content (AvgIpc) is 2.81. The number of carbonyl (C=O) groups is 2. The van der Waals surface area contributed by atoms with Gasteiger partial charge in [-0.05, 0) is 33.6 Å². The van der Waals surface area contributed by atoms with Crippen molar-refractivity contribution in [1.82, 2.24) is 15.1 Å². The summed E-state index contributed by atoms with van der Waals surface area (Å²) in [7, 11) is 0. The first-order chi connectivity index (χ1) is 9.37. The van der Waals surface area contributed by atoms with Crippen LogP contribution in [0.15, 0.2) is 0 Å². The zero-order valence-corrected chi connectivity index (χ0v) is 12.6. The van der Waals surface area contributed by atoms with E-state index >= 15 is 0 Å². The minimum Gasteiger partial charge on any atom is -0.366 e. The zero-order valence-electron chi connectivity index (χ0n) is 12.6. The normalized spacial score (nSPS) is 21.2. The van der Waals surface area contributed by atoms with Crippen LogP contribution in [-0.2, 0) is 9.53 Å². The Bertz CT molecular complexity index is 370. The molecular formula is C14H25N3O3. The lowest BCUT2D eigenvalue weighted by Crippen LogP contribution is -2.48. The molecule has 114 valence electrons. The number of amides is 3. The monoisotopic (exact) mass is 283 g/mol. The molecule has 0 saturated carbocycles. The van der Waals surface area contributed by atoms with Crippen molar-refractivity contribution in [2.45, 2.75) is 45.3 Å². The van der Waals surface area contributed by atoms with Crippen molar-refractivity contribution < 1.29 is 14.3 Å². The van der Waals surface area contributed by atoms with Crippen molar-refractivity contribution in [3.63, 3.8) is 0 Å². The summed E-state index contributed by atoms with van der Waals surface area (Å²) in [5.74, 6) is 0.0456. The Balaban J connectivity index is 1.76. The van der Waals surface area contributed by atoms with Crippen LogP contribution in [0, 0.1) is 0 Å². The fraction of sp³-hybridized carbons (Fsp3) is 0.857. The largest absolute Gasteiger partial charge is 0.366 e.